The van der Waals surface area contributed by atoms with Crippen molar-refractivity contribution in [3.63, 3.8) is 0 Å². The summed E-state index contributed by atoms with van der Waals surface area (Å²) in [6.45, 7) is 4.80. The van der Waals surface area contributed by atoms with Crippen molar-refractivity contribution >= 4 is 74.6 Å². The summed E-state index contributed by atoms with van der Waals surface area (Å²) >= 11 is 1.96. The van der Waals surface area contributed by atoms with Gasteiger partial charge in [0.1, 0.15) is 0 Å². The SMILES string of the molecule is CC1(C)c2cc(-c3ccc(-c4c5ccccc5c(-c5ccc6ccccc6c5)c5ccccc45)cc3)ccc2-c2c1ccc1c2sc2c3ccccc3ccc12. The summed E-state index contributed by atoms with van der Waals surface area (Å²) in [7, 11) is 0. The van der Waals surface area contributed by atoms with Crippen molar-refractivity contribution in [2.45, 2.75) is 19.3 Å². The van der Waals surface area contributed by atoms with Crippen molar-refractivity contribution in [2.75, 3.05) is 0 Å². The van der Waals surface area contributed by atoms with Crippen molar-refractivity contribution in [3.8, 4) is 44.5 Å². The van der Waals surface area contributed by atoms with Crippen LogP contribution in [0.5, 0.6) is 0 Å². The van der Waals surface area contributed by atoms with E-state index in [1.807, 2.05) is 11.3 Å². The number of thiophene rings is 1. The van der Waals surface area contributed by atoms with Gasteiger partial charge >= 0.3 is 0 Å². The molecule has 0 spiro atoms. The van der Waals surface area contributed by atoms with Crippen LogP contribution in [0.25, 0.3) is 108 Å². The largest absolute Gasteiger partial charge is 0.134 e. The minimum atomic E-state index is -0.0995. The van der Waals surface area contributed by atoms with Gasteiger partial charge in [-0.3, -0.25) is 0 Å². The van der Waals surface area contributed by atoms with E-state index in [1.54, 1.807) is 0 Å². The molecule has 0 fully saturated rings. The fourth-order valence-corrected chi connectivity index (χ4v) is 11.3. The third-order valence-electron chi connectivity index (χ3n) is 12.6. The lowest BCUT2D eigenvalue weighted by Gasteiger charge is -2.22. The van der Waals surface area contributed by atoms with Gasteiger partial charge in [0.15, 0.2) is 0 Å². The Bertz CT molecular complexity index is 3370. The molecule has 1 heterocycles. The minimum absolute atomic E-state index is 0.0995. The van der Waals surface area contributed by atoms with E-state index in [4.69, 9.17) is 0 Å². The average molecular weight is 729 g/mol. The van der Waals surface area contributed by atoms with Crippen molar-refractivity contribution in [2.24, 2.45) is 0 Å². The number of hydrogen-bond acceptors (Lipinski definition) is 1. The highest BCUT2D eigenvalue weighted by atomic mass is 32.1. The molecule has 12 rings (SSSR count). The Morgan fingerprint density at radius 3 is 1.55 bits per heavy atom. The maximum atomic E-state index is 2.46. The maximum absolute atomic E-state index is 2.46. The predicted molar refractivity (Wildman–Crippen MR) is 243 cm³/mol. The molecule has 56 heavy (non-hydrogen) atoms. The van der Waals surface area contributed by atoms with E-state index >= 15 is 0 Å². The van der Waals surface area contributed by atoms with Gasteiger partial charge in [-0.2, -0.15) is 0 Å². The first-order chi connectivity index (χ1) is 27.5. The molecule has 11 aromatic rings. The van der Waals surface area contributed by atoms with Gasteiger partial charge in [0.05, 0.1) is 0 Å². The Balaban J connectivity index is 0.979. The standard InChI is InChI=1S/C55H36S/c1-55(2)48-30-29-46-45-27-25-35-12-5-6-14-40(35)53(45)56-54(46)52(48)47-28-26-38(32-49(47)55)34-19-22-36(23-20-34)50-41-15-7-9-17-43(41)51(44-18-10-8-16-42(44)50)39-24-21-33-11-3-4-13-37(33)31-39/h3-32H,1-2H3. The molecule has 0 radical (unpaired) electrons. The Hall–Kier alpha value is -6.54. The molecule has 0 unspecified atom stereocenters. The molecule has 1 aliphatic carbocycles. The van der Waals surface area contributed by atoms with Crippen molar-refractivity contribution in [1.82, 2.24) is 0 Å². The Kier molecular flexibility index (Phi) is 6.66. The van der Waals surface area contributed by atoms with Gasteiger partial charge in [0, 0.05) is 31.2 Å². The van der Waals surface area contributed by atoms with Crippen LogP contribution in [0.4, 0.5) is 0 Å². The number of rotatable bonds is 3. The van der Waals surface area contributed by atoms with E-state index in [0.29, 0.717) is 0 Å². The second-order valence-electron chi connectivity index (χ2n) is 16.0. The molecule has 1 aromatic heterocycles. The summed E-state index contributed by atoms with van der Waals surface area (Å²) in [6, 6.07) is 68.1. The van der Waals surface area contributed by atoms with Crippen LogP contribution in [0.2, 0.25) is 0 Å². The van der Waals surface area contributed by atoms with E-state index < -0.39 is 0 Å². The summed E-state index contributed by atoms with van der Waals surface area (Å²) in [5.74, 6) is 0. The molecule has 0 nitrogen and oxygen atoms in total. The molecule has 0 saturated carbocycles. The molecular formula is C55H36S. The van der Waals surface area contributed by atoms with Gasteiger partial charge in [-0.25, -0.2) is 0 Å². The lowest BCUT2D eigenvalue weighted by molar-refractivity contribution is 0.661. The monoisotopic (exact) mass is 728 g/mol. The molecule has 0 aliphatic heterocycles. The summed E-state index contributed by atoms with van der Waals surface area (Å²) in [4.78, 5) is 0. The zero-order valence-corrected chi connectivity index (χ0v) is 32.0. The van der Waals surface area contributed by atoms with Crippen LogP contribution in [-0.4, -0.2) is 0 Å². The number of fused-ring (bicyclic) bond motifs is 12. The fraction of sp³-hybridized carbons (Fsp3) is 0.0545. The Morgan fingerprint density at radius 1 is 0.321 bits per heavy atom. The highest BCUT2D eigenvalue weighted by Gasteiger charge is 2.37. The van der Waals surface area contributed by atoms with Crippen LogP contribution >= 0.6 is 11.3 Å². The van der Waals surface area contributed by atoms with Crippen molar-refractivity contribution in [1.29, 1.82) is 0 Å². The van der Waals surface area contributed by atoms with Crippen molar-refractivity contribution < 1.29 is 0 Å². The Labute approximate surface area is 329 Å². The number of benzene rings is 10. The van der Waals surface area contributed by atoms with Crippen LogP contribution < -0.4 is 0 Å². The van der Waals surface area contributed by atoms with Gasteiger partial charge in [-0.15, -0.1) is 11.3 Å². The van der Waals surface area contributed by atoms with Crippen LogP contribution in [0.3, 0.4) is 0 Å². The molecule has 1 heteroatoms. The van der Waals surface area contributed by atoms with Crippen LogP contribution in [0, 0.1) is 0 Å². The second kappa shape index (κ2) is 11.7. The third-order valence-corrected chi connectivity index (χ3v) is 13.9. The highest BCUT2D eigenvalue weighted by molar-refractivity contribution is 7.27. The van der Waals surface area contributed by atoms with Gasteiger partial charge in [0.2, 0.25) is 0 Å². The highest BCUT2D eigenvalue weighted by Crippen LogP contribution is 2.55. The van der Waals surface area contributed by atoms with E-state index in [-0.39, 0.29) is 5.41 Å². The van der Waals surface area contributed by atoms with E-state index in [9.17, 15) is 0 Å². The first-order valence-electron chi connectivity index (χ1n) is 19.6. The summed E-state index contributed by atoms with van der Waals surface area (Å²) in [5, 5.41) is 13.0. The molecule has 1 aliphatic rings. The smallest absolute Gasteiger partial charge is 0.0437 e. The van der Waals surface area contributed by atoms with Crippen LogP contribution in [-0.2, 0) is 5.41 Å². The molecule has 0 amide bonds. The molecule has 0 bridgehead atoms. The molecule has 0 saturated heterocycles. The molecule has 0 atom stereocenters. The normalized spacial score (nSPS) is 13.3. The van der Waals surface area contributed by atoms with Crippen molar-refractivity contribution in [3.05, 3.63) is 193 Å². The van der Waals surface area contributed by atoms with Gasteiger partial charge in [-0.1, -0.05) is 184 Å². The first-order valence-corrected chi connectivity index (χ1v) is 20.4. The Morgan fingerprint density at radius 2 is 0.839 bits per heavy atom. The molecule has 0 N–H and O–H groups in total. The zero-order chi connectivity index (χ0) is 37.1. The quantitative estimate of drug-likeness (QED) is 0.159. The third kappa shape index (κ3) is 4.47. The van der Waals surface area contributed by atoms with Crippen LogP contribution in [0.15, 0.2) is 182 Å². The van der Waals surface area contributed by atoms with Crippen LogP contribution in [0.1, 0.15) is 25.0 Å². The molecular weight excluding hydrogens is 693 g/mol. The van der Waals surface area contributed by atoms with E-state index in [2.05, 4.69) is 196 Å². The maximum Gasteiger partial charge on any atom is 0.0437 e. The summed E-state index contributed by atoms with van der Waals surface area (Å²) in [6.07, 6.45) is 0. The zero-order valence-electron chi connectivity index (χ0n) is 31.2. The second-order valence-corrected chi connectivity index (χ2v) is 17.0. The van der Waals surface area contributed by atoms with Gasteiger partial charge < -0.3 is 0 Å². The first kappa shape index (κ1) is 31.8. The van der Waals surface area contributed by atoms with E-state index in [0.717, 1.165) is 0 Å². The minimum Gasteiger partial charge on any atom is -0.134 e. The fourth-order valence-electron chi connectivity index (χ4n) is 9.88. The average Bonchev–Trinajstić information content (AvgIpc) is 3.74. The predicted octanol–water partition coefficient (Wildman–Crippen LogP) is 16.0. The topological polar surface area (TPSA) is 0 Å². The summed E-state index contributed by atoms with van der Waals surface area (Å²) in [5.41, 5.74) is 13.1. The van der Waals surface area contributed by atoms with Gasteiger partial charge in [0.25, 0.3) is 0 Å². The lowest BCUT2D eigenvalue weighted by Crippen LogP contribution is -2.14. The molecule has 10 aromatic carbocycles. The number of hydrogen-bond donors (Lipinski definition) is 0. The van der Waals surface area contributed by atoms with Gasteiger partial charge in [-0.05, 0) is 105 Å². The molecule has 262 valence electrons. The lowest BCUT2D eigenvalue weighted by atomic mass is 9.81. The summed E-state index contributed by atoms with van der Waals surface area (Å²) < 4.78 is 2.79. The van der Waals surface area contributed by atoms with E-state index in [1.165, 1.54) is 119 Å².